The Balaban J connectivity index is 1.10. The van der Waals surface area contributed by atoms with Gasteiger partial charge in [-0.15, -0.1) is 0 Å². The molecule has 2 unspecified atom stereocenters. The normalized spacial score (nSPS) is 20.0. The minimum atomic E-state index is -0.0764. The van der Waals surface area contributed by atoms with Crippen molar-refractivity contribution >= 4 is 51.3 Å². The minimum Gasteiger partial charge on any atom is -0.493 e. The van der Waals surface area contributed by atoms with Gasteiger partial charge in [-0.05, 0) is 71.5 Å². The number of carbonyl (C=O) groups is 1. The van der Waals surface area contributed by atoms with Crippen LogP contribution in [0.1, 0.15) is 67.8 Å². The topological polar surface area (TPSA) is 111 Å². The number of rotatable bonds is 16. The molecule has 59 heavy (non-hydrogen) atoms. The fourth-order valence-corrected chi connectivity index (χ4v) is 10.3. The second-order valence-corrected chi connectivity index (χ2v) is 19.0. The molecule has 4 aliphatic heterocycles. The lowest BCUT2D eigenvalue weighted by Gasteiger charge is -2.28. The van der Waals surface area contributed by atoms with Gasteiger partial charge in [0.15, 0.2) is 23.0 Å². The molecular weight excluding hydrogens is 785 g/mol. The molecule has 0 N–H and O–H groups in total. The first-order valence-electron chi connectivity index (χ1n) is 20.1. The SMILES string of the molecule is CC=C1CC2C=Nc3cc(OCc4cc(OCCN(C)CC(C)(C)SSC)cc(COc5cc6c(cc5OC)C(=O)N5CC(=CC)CC5C=N6)n4)c(OC)cc3CN2C1. The number of amides is 1. The lowest BCUT2D eigenvalue weighted by atomic mass is 10.1. The van der Waals surface area contributed by atoms with Crippen molar-refractivity contribution in [2.24, 2.45) is 9.98 Å². The number of aliphatic imine (C=N–C) groups is 2. The molecule has 0 saturated carbocycles. The summed E-state index contributed by atoms with van der Waals surface area (Å²) >= 11 is 0. The van der Waals surface area contributed by atoms with Crippen molar-refractivity contribution in [1.82, 2.24) is 19.7 Å². The van der Waals surface area contributed by atoms with Gasteiger partial charge >= 0.3 is 0 Å². The highest BCUT2D eigenvalue weighted by molar-refractivity contribution is 8.77. The molecule has 1 amide bonds. The maximum atomic E-state index is 13.7. The van der Waals surface area contributed by atoms with E-state index in [-0.39, 0.29) is 36.0 Å². The van der Waals surface area contributed by atoms with Crippen LogP contribution in [-0.4, -0.2) is 115 Å². The van der Waals surface area contributed by atoms with E-state index in [9.17, 15) is 4.79 Å². The smallest absolute Gasteiger partial charge is 0.257 e. The third-order valence-electron chi connectivity index (χ3n) is 11.0. The largest absolute Gasteiger partial charge is 0.493 e. The van der Waals surface area contributed by atoms with Crippen LogP contribution in [0, 0.1) is 0 Å². The number of benzene rings is 2. The van der Waals surface area contributed by atoms with Crippen LogP contribution in [-0.2, 0) is 19.8 Å². The molecule has 14 heteroatoms. The highest BCUT2D eigenvalue weighted by Gasteiger charge is 2.35. The van der Waals surface area contributed by atoms with Crippen molar-refractivity contribution in [3.63, 3.8) is 0 Å². The fraction of sp³-hybridized carbons (Fsp3) is 0.467. The Kier molecular flexibility index (Phi) is 13.6. The summed E-state index contributed by atoms with van der Waals surface area (Å²) in [7, 11) is 9.01. The van der Waals surface area contributed by atoms with Crippen LogP contribution in [0.4, 0.5) is 11.4 Å². The Labute approximate surface area is 356 Å². The first-order chi connectivity index (χ1) is 28.5. The molecule has 0 aliphatic carbocycles. The van der Waals surface area contributed by atoms with E-state index < -0.39 is 0 Å². The summed E-state index contributed by atoms with van der Waals surface area (Å²) in [5.74, 6) is 2.72. The van der Waals surface area contributed by atoms with Crippen molar-refractivity contribution in [3.8, 4) is 28.7 Å². The molecule has 0 spiro atoms. The van der Waals surface area contributed by atoms with Gasteiger partial charge in [-0.25, -0.2) is 0 Å². The van der Waals surface area contributed by atoms with Gasteiger partial charge in [0.1, 0.15) is 25.6 Å². The predicted molar refractivity (Wildman–Crippen MR) is 239 cm³/mol. The van der Waals surface area contributed by atoms with Crippen LogP contribution in [0.2, 0.25) is 0 Å². The van der Waals surface area contributed by atoms with E-state index in [2.05, 4.69) is 62.2 Å². The molecule has 7 rings (SSSR count). The Morgan fingerprint density at radius 1 is 0.814 bits per heavy atom. The molecule has 2 atom stereocenters. The molecule has 2 saturated heterocycles. The van der Waals surface area contributed by atoms with Gasteiger partial charge in [0.05, 0.1) is 48.6 Å². The number of pyridine rings is 1. The van der Waals surface area contributed by atoms with Crippen molar-refractivity contribution in [2.75, 3.05) is 60.3 Å². The average Bonchev–Trinajstić information content (AvgIpc) is 3.75. The summed E-state index contributed by atoms with van der Waals surface area (Å²) in [6.45, 7) is 13.4. The number of likely N-dealkylation sites (N-methyl/N-ethyl adjacent to an activating group) is 1. The Morgan fingerprint density at radius 3 is 2.12 bits per heavy atom. The number of hydrogen-bond acceptors (Lipinski definition) is 13. The number of methoxy groups -OCH3 is 2. The third kappa shape index (κ3) is 10.1. The molecule has 1 aromatic heterocycles. The number of hydrogen-bond donors (Lipinski definition) is 0. The summed E-state index contributed by atoms with van der Waals surface area (Å²) < 4.78 is 30.9. The van der Waals surface area contributed by atoms with Gasteiger partial charge in [-0.1, -0.05) is 44.9 Å². The average molecular weight is 841 g/mol. The molecule has 0 bridgehead atoms. The number of allylic oxidation sites excluding steroid dienone is 2. The maximum absolute atomic E-state index is 13.7. The van der Waals surface area contributed by atoms with Crippen LogP contribution >= 0.6 is 21.6 Å². The molecule has 2 aromatic carbocycles. The monoisotopic (exact) mass is 840 g/mol. The Bertz CT molecular complexity index is 2150. The number of fused-ring (bicyclic) bond motifs is 4. The second kappa shape index (κ2) is 18.8. The van der Waals surface area contributed by atoms with Gasteiger partial charge in [-0.2, -0.15) is 0 Å². The van der Waals surface area contributed by atoms with Crippen LogP contribution in [0.5, 0.6) is 28.7 Å². The minimum absolute atomic E-state index is 0.0705. The lowest BCUT2D eigenvalue weighted by Crippen LogP contribution is -2.35. The summed E-state index contributed by atoms with van der Waals surface area (Å²) in [6, 6.07) is 11.5. The van der Waals surface area contributed by atoms with Gasteiger partial charge in [0.2, 0.25) is 0 Å². The number of aromatic nitrogens is 1. The van der Waals surface area contributed by atoms with Crippen LogP contribution < -0.4 is 23.7 Å². The van der Waals surface area contributed by atoms with Gasteiger partial charge in [0, 0.05) is 80.2 Å². The van der Waals surface area contributed by atoms with E-state index in [4.69, 9.17) is 38.7 Å². The zero-order valence-corrected chi connectivity index (χ0v) is 37.1. The Hall–Kier alpha value is -4.50. The van der Waals surface area contributed by atoms with Crippen LogP contribution in [0.25, 0.3) is 0 Å². The Morgan fingerprint density at radius 2 is 1.44 bits per heavy atom. The quantitative estimate of drug-likeness (QED) is 0.102. The standard InChI is InChI=1S/C45H56N6O6S2/c1-9-29-13-34-21-46-38-19-42(40(53-6)15-31(38)25-50(34)23-29)56-26-32-16-36(55-12-11-49(5)28-45(3,4)59-58-8)17-33(48-32)27-57-43-20-39-37(18-41(43)54-7)44(52)51-24-30(10-2)14-35(51)22-47-39/h9-10,15-22,34-35H,11-14,23-28H2,1-8H3. The molecule has 5 heterocycles. The van der Waals surface area contributed by atoms with E-state index in [0.29, 0.717) is 64.5 Å². The van der Waals surface area contributed by atoms with E-state index in [0.717, 1.165) is 50.3 Å². The van der Waals surface area contributed by atoms with Gasteiger partial charge < -0.3 is 33.5 Å². The summed E-state index contributed by atoms with van der Waals surface area (Å²) in [5.41, 5.74) is 6.98. The second-order valence-electron chi connectivity index (χ2n) is 15.9. The van der Waals surface area contributed by atoms with Crippen LogP contribution in [0.15, 0.2) is 69.7 Å². The van der Waals surface area contributed by atoms with Crippen LogP contribution in [0.3, 0.4) is 0 Å². The lowest BCUT2D eigenvalue weighted by molar-refractivity contribution is 0.0777. The highest BCUT2D eigenvalue weighted by Crippen LogP contribution is 2.41. The van der Waals surface area contributed by atoms with Crippen molar-refractivity contribution in [2.45, 2.75) is 77.1 Å². The number of carbonyl (C=O) groups excluding carboxylic acids is 1. The first kappa shape index (κ1) is 42.6. The molecule has 2 fully saturated rings. The molecule has 12 nitrogen and oxygen atoms in total. The molecule has 4 aliphatic rings. The van der Waals surface area contributed by atoms with E-state index >= 15 is 0 Å². The van der Waals surface area contributed by atoms with Crippen molar-refractivity contribution < 1.29 is 28.5 Å². The first-order valence-corrected chi connectivity index (χ1v) is 22.7. The molecule has 0 radical (unpaired) electrons. The summed E-state index contributed by atoms with van der Waals surface area (Å²) in [5, 5.41) is 0. The maximum Gasteiger partial charge on any atom is 0.257 e. The van der Waals surface area contributed by atoms with E-state index in [1.165, 1.54) is 11.1 Å². The number of ether oxygens (including phenoxy) is 5. The number of nitrogens with zero attached hydrogens (tertiary/aromatic N) is 6. The molecular formula is C45H56N6O6S2. The zero-order chi connectivity index (χ0) is 41.7. The van der Waals surface area contributed by atoms with Gasteiger partial charge in [-0.3, -0.25) is 24.7 Å². The predicted octanol–water partition coefficient (Wildman–Crippen LogP) is 8.47. The summed E-state index contributed by atoms with van der Waals surface area (Å²) in [4.78, 5) is 34.8. The van der Waals surface area contributed by atoms with Crippen molar-refractivity contribution in [3.05, 3.63) is 82.2 Å². The zero-order valence-electron chi connectivity index (χ0n) is 35.4. The highest BCUT2D eigenvalue weighted by atomic mass is 33.1. The van der Waals surface area contributed by atoms with E-state index in [1.807, 2.05) is 53.1 Å². The third-order valence-corrected chi connectivity index (χ3v) is 13.6. The fourth-order valence-electron chi connectivity index (χ4n) is 8.08. The molecule has 314 valence electrons. The summed E-state index contributed by atoms with van der Waals surface area (Å²) in [6.07, 6.45) is 12.1. The van der Waals surface area contributed by atoms with E-state index in [1.54, 1.807) is 37.1 Å². The van der Waals surface area contributed by atoms with Gasteiger partial charge in [0.25, 0.3) is 5.91 Å². The van der Waals surface area contributed by atoms with Crippen molar-refractivity contribution in [1.29, 1.82) is 0 Å². The molecule has 3 aromatic rings.